The van der Waals surface area contributed by atoms with Gasteiger partial charge in [0, 0.05) is 5.02 Å². The summed E-state index contributed by atoms with van der Waals surface area (Å²) >= 11 is 6.07. The van der Waals surface area contributed by atoms with Crippen molar-refractivity contribution in [3.63, 3.8) is 0 Å². The second kappa shape index (κ2) is 6.80. The Hall–Kier alpha value is -1.75. The van der Waals surface area contributed by atoms with Crippen LogP contribution in [0.5, 0.6) is 0 Å². The highest BCUT2D eigenvalue weighted by Gasteiger charge is 2.32. The number of halogens is 1. The van der Waals surface area contributed by atoms with Crippen LogP contribution >= 0.6 is 11.6 Å². The van der Waals surface area contributed by atoms with E-state index >= 15 is 0 Å². The third-order valence-electron chi connectivity index (χ3n) is 3.11. The molecule has 0 bridgehead atoms. The maximum atomic E-state index is 12.0. The number of urea groups is 1. The lowest BCUT2D eigenvalue weighted by atomic mass is 9.87. The van der Waals surface area contributed by atoms with Gasteiger partial charge in [-0.3, -0.25) is 0 Å². The van der Waals surface area contributed by atoms with Gasteiger partial charge in [-0.15, -0.1) is 0 Å². The first-order chi connectivity index (χ1) is 9.62. The van der Waals surface area contributed by atoms with E-state index in [1.807, 2.05) is 12.1 Å². The monoisotopic (exact) mass is 312 g/mol. The van der Waals surface area contributed by atoms with E-state index in [0.717, 1.165) is 5.56 Å². The third kappa shape index (κ3) is 4.93. The van der Waals surface area contributed by atoms with E-state index in [0.29, 0.717) is 5.02 Å². The number of aliphatic carboxylic acids is 1. The molecule has 2 amide bonds. The van der Waals surface area contributed by atoms with Gasteiger partial charge >= 0.3 is 12.0 Å². The number of carboxylic acid groups (broad SMARTS) is 1. The van der Waals surface area contributed by atoms with Gasteiger partial charge in [0.1, 0.15) is 6.04 Å². The van der Waals surface area contributed by atoms with Crippen molar-refractivity contribution in [1.29, 1.82) is 0 Å². The fraction of sp³-hybridized carbons (Fsp3) is 0.467. The van der Waals surface area contributed by atoms with Gasteiger partial charge in [-0.05, 0) is 24.0 Å². The van der Waals surface area contributed by atoms with Gasteiger partial charge in [-0.1, -0.05) is 50.6 Å². The molecule has 0 saturated heterocycles. The predicted octanol–water partition coefficient (Wildman–Crippen LogP) is 3.20. The van der Waals surface area contributed by atoms with Crippen molar-refractivity contribution in [3.8, 4) is 0 Å². The van der Waals surface area contributed by atoms with Gasteiger partial charge in [0.2, 0.25) is 0 Å². The summed E-state index contributed by atoms with van der Waals surface area (Å²) in [7, 11) is 0. The Bertz CT molecular complexity index is 526. The summed E-state index contributed by atoms with van der Waals surface area (Å²) in [6.45, 7) is 7.05. The van der Waals surface area contributed by atoms with Crippen molar-refractivity contribution in [2.24, 2.45) is 5.41 Å². The van der Waals surface area contributed by atoms with Crippen molar-refractivity contribution in [1.82, 2.24) is 10.6 Å². The third-order valence-corrected chi connectivity index (χ3v) is 3.45. The first-order valence-electron chi connectivity index (χ1n) is 6.67. The summed E-state index contributed by atoms with van der Waals surface area (Å²) in [5.41, 5.74) is 0.188. The van der Waals surface area contributed by atoms with Crippen molar-refractivity contribution in [3.05, 3.63) is 34.9 Å². The molecule has 6 heteroatoms. The van der Waals surface area contributed by atoms with Gasteiger partial charge in [-0.25, -0.2) is 9.59 Å². The molecule has 0 radical (unpaired) electrons. The lowest BCUT2D eigenvalue weighted by Gasteiger charge is -2.28. The van der Waals surface area contributed by atoms with Gasteiger partial charge in [0.05, 0.1) is 6.04 Å². The number of carbonyl (C=O) groups excluding carboxylic acids is 1. The lowest BCUT2D eigenvalue weighted by Crippen LogP contribution is -2.52. The normalized spacial score (nSPS) is 14.1. The average molecular weight is 313 g/mol. The Morgan fingerprint density at radius 2 is 1.76 bits per heavy atom. The van der Waals surface area contributed by atoms with Crippen LogP contribution in [0.2, 0.25) is 5.02 Å². The molecule has 0 fully saturated rings. The number of amides is 2. The summed E-state index contributed by atoms with van der Waals surface area (Å²) in [4.78, 5) is 23.2. The van der Waals surface area contributed by atoms with E-state index in [4.69, 9.17) is 11.6 Å². The summed E-state index contributed by atoms with van der Waals surface area (Å²) in [6, 6.07) is 5.34. The van der Waals surface area contributed by atoms with Gasteiger partial charge in [-0.2, -0.15) is 0 Å². The largest absolute Gasteiger partial charge is 0.480 e. The molecule has 116 valence electrons. The van der Waals surface area contributed by atoms with Crippen LogP contribution in [0.25, 0.3) is 0 Å². The topological polar surface area (TPSA) is 78.4 Å². The van der Waals surface area contributed by atoms with Crippen molar-refractivity contribution < 1.29 is 14.7 Å². The van der Waals surface area contributed by atoms with E-state index in [9.17, 15) is 14.7 Å². The maximum absolute atomic E-state index is 12.0. The number of carboxylic acids is 1. The second-order valence-corrected chi connectivity index (χ2v) is 6.41. The molecule has 0 saturated carbocycles. The summed E-state index contributed by atoms with van der Waals surface area (Å²) < 4.78 is 0. The molecule has 2 unspecified atom stereocenters. The van der Waals surface area contributed by atoms with E-state index in [2.05, 4.69) is 10.6 Å². The number of hydrogen-bond donors (Lipinski definition) is 3. The Morgan fingerprint density at radius 3 is 2.24 bits per heavy atom. The molecule has 1 rings (SSSR count). The lowest BCUT2D eigenvalue weighted by molar-refractivity contribution is -0.141. The summed E-state index contributed by atoms with van der Waals surface area (Å²) in [5.74, 6) is -1.07. The maximum Gasteiger partial charge on any atom is 0.326 e. The number of carbonyl (C=O) groups is 2. The minimum atomic E-state index is -1.07. The Morgan fingerprint density at radius 1 is 1.19 bits per heavy atom. The van der Waals surface area contributed by atoms with Crippen molar-refractivity contribution in [2.45, 2.75) is 39.8 Å². The number of nitrogens with one attached hydrogen (secondary N) is 2. The number of rotatable bonds is 4. The average Bonchev–Trinajstić information content (AvgIpc) is 2.34. The number of benzene rings is 1. The highest BCUT2D eigenvalue weighted by molar-refractivity contribution is 6.31. The molecule has 0 aliphatic rings. The first-order valence-corrected chi connectivity index (χ1v) is 7.05. The smallest absolute Gasteiger partial charge is 0.326 e. The van der Waals surface area contributed by atoms with Crippen LogP contribution in [0.3, 0.4) is 0 Å². The molecule has 0 aliphatic carbocycles. The van der Waals surface area contributed by atoms with E-state index < -0.39 is 23.5 Å². The van der Waals surface area contributed by atoms with E-state index in [1.165, 1.54) is 0 Å². The van der Waals surface area contributed by atoms with Gasteiger partial charge < -0.3 is 15.7 Å². The van der Waals surface area contributed by atoms with Crippen LogP contribution < -0.4 is 10.6 Å². The molecular weight excluding hydrogens is 292 g/mol. The van der Waals surface area contributed by atoms with Gasteiger partial charge in [0.25, 0.3) is 0 Å². The van der Waals surface area contributed by atoms with Crippen LogP contribution in [0.15, 0.2) is 24.3 Å². The van der Waals surface area contributed by atoms with Crippen LogP contribution in [-0.4, -0.2) is 23.1 Å². The van der Waals surface area contributed by atoms with Crippen LogP contribution in [-0.2, 0) is 4.79 Å². The fourth-order valence-corrected chi connectivity index (χ4v) is 2.22. The molecular formula is C15H21ClN2O3. The second-order valence-electron chi connectivity index (χ2n) is 6.00. The van der Waals surface area contributed by atoms with E-state index in [-0.39, 0.29) is 6.04 Å². The highest BCUT2D eigenvalue weighted by Crippen LogP contribution is 2.22. The molecule has 0 aliphatic heterocycles. The molecule has 2 atom stereocenters. The first kappa shape index (κ1) is 17.3. The fourth-order valence-electron chi connectivity index (χ4n) is 1.92. The highest BCUT2D eigenvalue weighted by atomic mass is 35.5. The van der Waals surface area contributed by atoms with Crippen LogP contribution in [0.4, 0.5) is 4.79 Å². The Labute approximate surface area is 129 Å². The SMILES string of the molecule is CC(NC(=O)NC(C(=O)O)C(C)(C)C)c1ccccc1Cl. The van der Waals surface area contributed by atoms with Gasteiger partial charge in [0.15, 0.2) is 0 Å². The Kier molecular flexibility index (Phi) is 5.61. The molecule has 1 aromatic carbocycles. The van der Waals surface area contributed by atoms with Crippen LogP contribution in [0, 0.1) is 5.41 Å². The quantitative estimate of drug-likeness (QED) is 0.799. The zero-order chi connectivity index (χ0) is 16.2. The van der Waals surface area contributed by atoms with Crippen molar-refractivity contribution >= 4 is 23.6 Å². The zero-order valence-electron chi connectivity index (χ0n) is 12.6. The molecule has 0 heterocycles. The van der Waals surface area contributed by atoms with Crippen molar-refractivity contribution in [2.75, 3.05) is 0 Å². The molecule has 0 spiro atoms. The van der Waals surface area contributed by atoms with E-state index in [1.54, 1.807) is 39.8 Å². The predicted molar refractivity (Wildman–Crippen MR) is 82.4 cm³/mol. The molecule has 21 heavy (non-hydrogen) atoms. The standard InChI is InChI=1S/C15H21ClN2O3/c1-9(10-7-5-6-8-11(10)16)17-14(21)18-12(13(19)20)15(2,3)4/h5-9,12H,1-4H3,(H,19,20)(H2,17,18,21). The minimum absolute atomic E-state index is 0.326. The van der Waals surface area contributed by atoms with Crippen LogP contribution in [0.1, 0.15) is 39.3 Å². The Balaban J connectivity index is 2.73. The molecule has 0 aromatic heterocycles. The molecule has 5 nitrogen and oxygen atoms in total. The number of hydrogen-bond acceptors (Lipinski definition) is 2. The zero-order valence-corrected chi connectivity index (χ0v) is 13.4. The summed E-state index contributed by atoms with van der Waals surface area (Å²) in [6.07, 6.45) is 0. The minimum Gasteiger partial charge on any atom is -0.480 e. The molecule has 3 N–H and O–H groups in total. The summed E-state index contributed by atoms with van der Waals surface area (Å²) in [5, 5.41) is 14.9. The molecule has 1 aromatic rings.